The number of hydrogen-bond donors (Lipinski definition) is 0. The molecule has 0 saturated heterocycles. The highest BCUT2D eigenvalue weighted by atomic mass is 15.1. The first-order valence-corrected chi connectivity index (χ1v) is 5.34. The lowest BCUT2D eigenvalue weighted by Gasteiger charge is -2.24. The summed E-state index contributed by atoms with van der Waals surface area (Å²) in [6, 6.07) is 4.41. The van der Waals surface area contributed by atoms with Gasteiger partial charge in [0.25, 0.3) is 0 Å². The molecule has 14 heavy (non-hydrogen) atoms. The molecule has 0 aliphatic carbocycles. The average molecular weight is 190 g/mol. The lowest BCUT2D eigenvalue weighted by molar-refractivity contribution is 0.309. The van der Waals surface area contributed by atoms with E-state index in [4.69, 9.17) is 4.98 Å². The van der Waals surface area contributed by atoms with Crippen LogP contribution in [0.1, 0.15) is 36.7 Å². The molecule has 1 aromatic heterocycles. The minimum atomic E-state index is 0.542. The molecular weight excluding hydrogens is 172 g/mol. The molecule has 0 fully saturated rings. The van der Waals surface area contributed by atoms with Crippen molar-refractivity contribution >= 4 is 0 Å². The van der Waals surface area contributed by atoms with Crippen LogP contribution in [0, 0.1) is 0 Å². The van der Waals surface area contributed by atoms with Gasteiger partial charge in [-0.05, 0) is 24.6 Å². The molecule has 2 heterocycles. The number of nitrogens with zero attached hydrogens (tertiary/aromatic N) is 2. The fourth-order valence-corrected chi connectivity index (χ4v) is 1.90. The first-order chi connectivity index (χ1) is 6.66. The predicted molar refractivity (Wildman–Crippen MR) is 58.4 cm³/mol. The van der Waals surface area contributed by atoms with Crippen molar-refractivity contribution in [1.82, 2.24) is 9.88 Å². The molecule has 0 spiro atoms. The van der Waals surface area contributed by atoms with Crippen molar-refractivity contribution < 1.29 is 0 Å². The Morgan fingerprint density at radius 3 is 2.86 bits per heavy atom. The normalized spacial score (nSPS) is 17.1. The van der Waals surface area contributed by atoms with Crippen LogP contribution in [0.5, 0.6) is 0 Å². The van der Waals surface area contributed by atoms with E-state index in [1.165, 1.54) is 17.0 Å². The minimum absolute atomic E-state index is 0.542. The van der Waals surface area contributed by atoms with Gasteiger partial charge in [-0.25, -0.2) is 0 Å². The van der Waals surface area contributed by atoms with E-state index < -0.39 is 0 Å². The van der Waals surface area contributed by atoms with Crippen LogP contribution >= 0.6 is 0 Å². The van der Waals surface area contributed by atoms with Crippen LogP contribution in [0.15, 0.2) is 12.1 Å². The molecule has 76 valence electrons. The molecule has 1 aliphatic rings. The molecule has 1 aliphatic heterocycles. The van der Waals surface area contributed by atoms with E-state index in [9.17, 15) is 0 Å². The van der Waals surface area contributed by atoms with Crippen molar-refractivity contribution in [3.8, 4) is 0 Å². The number of likely N-dealkylation sites (N-methyl/N-ethyl adjacent to an activating group) is 1. The minimum Gasteiger partial charge on any atom is -0.302 e. The maximum atomic E-state index is 4.72. The molecule has 2 nitrogen and oxygen atoms in total. The topological polar surface area (TPSA) is 16.1 Å². The van der Waals surface area contributed by atoms with Crippen molar-refractivity contribution in [3.05, 3.63) is 29.1 Å². The van der Waals surface area contributed by atoms with Crippen LogP contribution in [0.3, 0.4) is 0 Å². The van der Waals surface area contributed by atoms with E-state index in [1.807, 2.05) is 0 Å². The Morgan fingerprint density at radius 2 is 2.14 bits per heavy atom. The third kappa shape index (κ3) is 1.80. The lowest BCUT2D eigenvalue weighted by Crippen LogP contribution is -2.27. The Labute approximate surface area is 86.0 Å². The van der Waals surface area contributed by atoms with Gasteiger partial charge in [0.2, 0.25) is 0 Å². The maximum absolute atomic E-state index is 4.72. The molecular formula is C12H18N2. The Balaban J connectivity index is 2.31. The number of aromatic nitrogens is 1. The smallest absolute Gasteiger partial charge is 0.0464 e. The molecule has 2 rings (SSSR count). The predicted octanol–water partition coefficient (Wildman–Crippen LogP) is 2.19. The van der Waals surface area contributed by atoms with Gasteiger partial charge in [0.1, 0.15) is 0 Å². The Hall–Kier alpha value is -0.890. The van der Waals surface area contributed by atoms with E-state index in [2.05, 4.69) is 37.9 Å². The lowest BCUT2D eigenvalue weighted by atomic mass is 10.0. The Bertz CT molecular complexity index is 331. The second-order valence-corrected chi connectivity index (χ2v) is 4.48. The Kier molecular flexibility index (Phi) is 2.55. The van der Waals surface area contributed by atoms with Crippen LogP contribution in [0.2, 0.25) is 0 Å². The van der Waals surface area contributed by atoms with Gasteiger partial charge in [-0.2, -0.15) is 0 Å². The van der Waals surface area contributed by atoms with Gasteiger partial charge in [0.05, 0.1) is 0 Å². The van der Waals surface area contributed by atoms with Gasteiger partial charge < -0.3 is 4.90 Å². The molecule has 0 bridgehead atoms. The van der Waals surface area contributed by atoms with Crippen molar-refractivity contribution in [2.24, 2.45) is 0 Å². The first kappa shape index (κ1) is 9.66. The average Bonchev–Trinajstić information content (AvgIpc) is 2.16. The molecule has 1 aromatic rings. The number of pyridine rings is 1. The number of rotatable bonds is 1. The van der Waals surface area contributed by atoms with Crippen LogP contribution in [-0.2, 0) is 13.0 Å². The summed E-state index contributed by atoms with van der Waals surface area (Å²) in [5.41, 5.74) is 3.95. The summed E-state index contributed by atoms with van der Waals surface area (Å²) in [4.78, 5) is 7.07. The molecule has 2 heteroatoms. The van der Waals surface area contributed by atoms with E-state index >= 15 is 0 Å². The summed E-state index contributed by atoms with van der Waals surface area (Å²) in [7, 11) is 2.17. The van der Waals surface area contributed by atoms with Crippen molar-refractivity contribution in [1.29, 1.82) is 0 Å². The van der Waals surface area contributed by atoms with Crippen molar-refractivity contribution in [2.75, 3.05) is 13.6 Å². The third-order valence-corrected chi connectivity index (χ3v) is 2.85. The molecule has 0 amide bonds. The zero-order valence-electron chi connectivity index (χ0n) is 9.25. The number of fused-ring (bicyclic) bond motifs is 1. The molecule has 0 aromatic carbocycles. The highest BCUT2D eigenvalue weighted by Gasteiger charge is 2.15. The monoisotopic (exact) mass is 190 g/mol. The molecule has 0 atom stereocenters. The van der Waals surface area contributed by atoms with Crippen LogP contribution in [0.4, 0.5) is 0 Å². The fraction of sp³-hybridized carbons (Fsp3) is 0.583. The van der Waals surface area contributed by atoms with Crippen LogP contribution < -0.4 is 0 Å². The van der Waals surface area contributed by atoms with Gasteiger partial charge in [0.15, 0.2) is 0 Å². The van der Waals surface area contributed by atoms with Crippen molar-refractivity contribution in [3.63, 3.8) is 0 Å². The summed E-state index contributed by atoms with van der Waals surface area (Å²) in [5, 5.41) is 0. The van der Waals surface area contributed by atoms with E-state index in [-0.39, 0.29) is 0 Å². The van der Waals surface area contributed by atoms with Gasteiger partial charge in [-0.15, -0.1) is 0 Å². The third-order valence-electron chi connectivity index (χ3n) is 2.85. The van der Waals surface area contributed by atoms with Crippen LogP contribution in [-0.4, -0.2) is 23.5 Å². The quantitative estimate of drug-likeness (QED) is 0.675. The van der Waals surface area contributed by atoms with Crippen molar-refractivity contribution in [2.45, 2.75) is 32.7 Å². The van der Waals surface area contributed by atoms with Gasteiger partial charge in [0, 0.05) is 30.9 Å². The molecule has 0 unspecified atom stereocenters. The standard InChI is InChI=1S/C12H18N2/c1-9(2)11-5-4-10-8-14(3)7-6-12(10)13-11/h4-5,9H,6-8H2,1-3H3. The molecule has 0 N–H and O–H groups in total. The zero-order chi connectivity index (χ0) is 10.1. The van der Waals surface area contributed by atoms with E-state index in [0.717, 1.165) is 19.5 Å². The first-order valence-electron chi connectivity index (χ1n) is 5.34. The molecule has 0 saturated carbocycles. The van der Waals surface area contributed by atoms with Gasteiger partial charge >= 0.3 is 0 Å². The SMILES string of the molecule is CC(C)c1ccc2c(n1)CCN(C)C2. The highest BCUT2D eigenvalue weighted by Crippen LogP contribution is 2.19. The van der Waals surface area contributed by atoms with E-state index in [0.29, 0.717) is 5.92 Å². The molecule has 0 radical (unpaired) electrons. The van der Waals surface area contributed by atoms with Gasteiger partial charge in [-0.1, -0.05) is 19.9 Å². The zero-order valence-corrected chi connectivity index (χ0v) is 9.25. The number of hydrogen-bond acceptors (Lipinski definition) is 2. The Morgan fingerprint density at radius 1 is 1.36 bits per heavy atom. The summed E-state index contributed by atoms with van der Waals surface area (Å²) in [6.45, 7) is 6.59. The second-order valence-electron chi connectivity index (χ2n) is 4.48. The van der Waals surface area contributed by atoms with Crippen LogP contribution in [0.25, 0.3) is 0 Å². The summed E-state index contributed by atoms with van der Waals surface area (Å²) < 4.78 is 0. The van der Waals surface area contributed by atoms with E-state index in [1.54, 1.807) is 0 Å². The second kappa shape index (κ2) is 3.70. The highest BCUT2D eigenvalue weighted by molar-refractivity contribution is 5.26. The summed E-state index contributed by atoms with van der Waals surface area (Å²) >= 11 is 0. The largest absolute Gasteiger partial charge is 0.302 e. The summed E-state index contributed by atoms with van der Waals surface area (Å²) in [5.74, 6) is 0.542. The fourth-order valence-electron chi connectivity index (χ4n) is 1.90. The summed E-state index contributed by atoms with van der Waals surface area (Å²) in [6.07, 6.45) is 1.10. The maximum Gasteiger partial charge on any atom is 0.0464 e. The van der Waals surface area contributed by atoms with Gasteiger partial charge in [-0.3, -0.25) is 4.98 Å².